The van der Waals surface area contributed by atoms with Crippen LogP contribution in [-0.4, -0.2) is 35.7 Å². The number of thioether (sulfide) groups is 1. The molecular weight excluding hydrogens is 210 g/mol. The van der Waals surface area contributed by atoms with Crippen molar-refractivity contribution in [2.75, 3.05) is 18.9 Å². The quantitative estimate of drug-likeness (QED) is 0.802. The molecule has 1 amide bonds. The van der Waals surface area contributed by atoms with Gasteiger partial charge < -0.3 is 10.1 Å². The molecule has 1 atom stereocenters. The van der Waals surface area contributed by atoms with Crippen molar-refractivity contribution >= 4 is 17.7 Å². The molecular formula is C11H21NO2S. The first-order valence-electron chi connectivity index (χ1n) is 5.49. The van der Waals surface area contributed by atoms with E-state index in [1.54, 1.807) is 11.8 Å². The van der Waals surface area contributed by atoms with Gasteiger partial charge in [-0.05, 0) is 12.8 Å². The third kappa shape index (κ3) is 6.05. The lowest BCUT2D eigenvalue weighted by molar-refractivity contribution is -0.119. The predicted octanol–water partition coefficient (Wildman–Crippen LogP) is 1.81. The van der Waals surface area contributed by atoms with Gasteiger partial charge in [-0.25, -0.2) is 0 Å². The van der Waals surface area contributed by atoms with E-state index in [0.717, 1.165) is 19.4 Å². The van der Waals surface area contributed by atoms with Crippen molar-refractivity contribution in [3.8, 4) is 0 Å². The van der Waals surface area contributed by atoms with E-state index in [4.69, 9.17) is 4.74 Å². The lowest BCUT2D eigenvalue weighted by Gasteiger charge is -2.17. The average Bonchev–Trinajstić information content (AvgIpc) is 2.62. The molecule has 1 aliphatic heterocycles. The molecule has 0 unspecified atom stereocenters. The van der Waals surface area contributed by atoms with Crippen molar-refractivity contribution in [1.82, 2.24) is 5.32 Å². The summed E-state index contributed by atoms with van der Waals surface area (Å²) < 4.78 is 5.58. The molecule has 88 valence electrons. The Morgan fingerprint density at radius 1 is 1.53 bits per heavy atom. The summed E-state index contributed by atoms with van der Waals surface area (Å²) in [5.41, 5.74) is 0. The zero-order valence-corrected chi connectivity index (χ0v) is 10.7. The highest BCUT2D eigenvalue weighted by atomic mass is 32.2. The van der Waals surface area contributed by atoms with Gasteiger partial charge in [0.1, 0.15) is 0 Å². The molecule has 0 radical (unpaired) electrons. The maximum atomic E-state index is 11.5. The molecule has 0 aliphatic carbocycles. The highest BCUT2D eigenvalue weighted by Crippen LogP contribution is 2.22. The first-order chi connectivity index (χ1) is 6.97. The van der Waals surface area contributed by atoms with Gasteiger partial charge in [-0.3, -0.25) is 4.79 Å². The van der Waals surface area contributed by atoms with Gasteiger partial charge in [-0.1, -0.05) is 20.8 Å². The van der Waals surface area contributed by atoms with Gasteiger partial charge in [0, 0.05) is 17.9 Å². The first-order valence-corrected chi connectivity index (χ1v) is 6.48. The van der Waals surface area contributed by atoms with Gasteiger partial charge in [0.15, 0.2) is 0 Å². The van der Waals surface area contributed by atoms with Crippen molar-refractivity contribution in [2.24, 2.45) is 0 Å². The van der Waals surface area contributed by atoms with Gasteiger partial charge in [0.2, 0.25) is 5.91 Å². The molecule has 1 aliphatic rings. The molecule has 0 aromatic rings. The first kappa shape index (κ1) is 12.8. The average molecular weight is 231 g/mol. The monoisotopic (exact) mass is 231 g/mol. The van der Waals surface area contributed by atoms with Crippen LogP contribution in [0.15, 0.2) is 0 Å². The molecule has 1 N–H and O–H groups in total. The summed E-state index contributed by atoms with van der Waals surface area (Å²) in [6.07, 6.45) is 2.44. The fourth-order valence-electron chi connectivity index (χ4n) is 1.37. The van der Waals surface area contributed by atoms with Gasteiger partial charge in [-0.2, -0.15) is 0 Å². The minimum atomic E-state index is 0.116. The summed E-state index contributed by atoms with van der Waals surface area (Å²) in [7, 11) is 0. The molecule has 3 nitrogen and oxygen atoms in total. The SMILES string of the molecule is CC(C)(C)SCC(=O)NC[C@@H]1CCCO1. The minimum Gasteiger partial charge on any atom is -0.376 e. The predicted molar refractivity (Wildman–Crippen MR) is 64.2 cm³/mol. The Labute approximate surface area is 96.3 Å². The van der Waals surface area contributed by atoms with Gasteiger partial charge in [0.05, 0.1) is 11.9 Å². The lowest BCUT2D eigenvalue weighted by Crippen LogP contribution is -2.33. The van der Waals surface area contributed by atoms with Crippen LogP contribution in [-0.2, 0) is 9.53 Å². The number of rotatable bonds is 4. The summed E-state index contributed by atoms with van der Waals surface area (Å²) >= 11 is 1.67. The number of carbonyl (C=O) groups is 1. The van der Waals surface area contributed by atoms with E-state index < -0.39 is 0 Å². The van der Waals surface area contributed by atoms with E-state index >= 15 is 0 Å². The van der Waals surface area contributed by atoms with Crippen molar-refractivity contribution in [3.05, 3.63) is 0 Å². The molecule has 0 aromatic carbocycles. The molecule has 0 aromatic heterocycles. The summed E-state index contributed by atoms with van der Waals surface area (Å²) in [6, 6.07) is 0. The molecule has 4 heteroatoms. The number of amides is 1. The van der Waals surface area contributed by atoms with E-state index in [-0.39, 0.29) is 16.8 Å². The second kappa shape index (κ2) is 5.75. The third-order valence-electron chi connectivity index (χ3n) is 2.19. The van der Waals surface area contributed by atoms with Crippen molar-refractivity contribution in [1.29, 1.82) is 0 Å². The zero-order valence-electron chi connectivity index (χ0n) is 9.84. The Morgan fingerprint density at radius 2 is 2.27 bits per heavy atom. The second-order valence-corrected chi connectivity index (χ2v) is 6.64. The van der Waals surface area contributed by atoms with E-state index in [2.05, 4.69) is 26.1 Å². The number of hydrogen-bond donors (Lipinski definition) is 1. The summed E-state index contributed by atoms with van der Waals surface area (Å²) in [5.74, 6) is 0.654. The molecule has 1 saturated heterocycles. The molecule has 0 bridgehead atoms. The van der Waals surface area contributed by atoms with E-state index in [0.29, 0.717) is 12.3 Å². The molecule has 1 heterocycles. The number of ether oxygens (including phenoxy) is 1. The van der Waals surface area contributed by atoms with Crippen LogP contribution >= 0.6 is 11.8 Å². The normalized spacial score (nSPS) is 21.7. The largest absolute Gasteiger partial charge is 0.376 e. The van der Waals surface area contributed by atoms with Crippen LogP contribution in [0.5, 0.6) is 0 Å². The highest BCUT2D eigenvalue weighted by molar-refractivity contribution is 8.01. The summed E-state index contributed by atoms with van der Waals surface area (Å²) in [4.78, 5) is 11.5. The van der Waals surface area contributed by atoms with Crippen LogP contribution in [0, 0.1) is 0 Å². The Bertz CT molecular complexity index is 207. The molecule has 0 spiro atoms. The fraction of sp³-hybridized carbons (Fsp3) is 0.909. The third-order valence-corrected chi connectivity index (χ3v) is 3.46. The van der Waals surface area contributed by atoms with Crippen molar-refractivity contribution in [2.45, 2.75) is 44.5 Å². The minimum absolute atomic E-state index is 0.116. The van der Waals surface area contributed by atoms with Crippen molar-refractivity contribution < 1.29 is 9.53 Å². The number of carbonyl (C=O) groups excluding carboxylic acids is 1. The Kier molecular flexibility index (Phi) is 4.93. The van der Waals surface area contributed by atoms with Crippen LogP contribution in [0.2, 0.25) is 0 Å². The molecule has 0 saturated carbocycles. The van der Waals surface area contributed by atoms with Crippen molar-refractivity contribution in [3.63, 3.8) is 0 Å². The number of hydrogen-bond acceptors (Lipinski definition) is 3. The Morgan fingerprint density at radius 3 is 2.80 bits per heavy atom. The standard InChI is InChI=1S/C11H21NO2S/c1-11(2,3)15-8-10(13)12-7-9-5-4-6-14-9/h9H,4-8H2,1-3H3,(H,12,13)/t9-/m0/s1. The highest BCUT2D eigenvalue weighted by Gasteiger charge is 2.17. The van der Waals surface area contributed by atoms with Crippen LogP contribution in [0.3, 0.4) is 0 Å². The van der Waals surface area contributed by atoms with Crippen LogP contribution in [0.1, 0.15) is 33.6 Å². The van der Waals surface area contributed by atoms with Crippen LogP contribution in [0.4, 0.5) is 0 Å². The van der Waals surface area contributed by atoms with Crippen LogP contribution in [0.25, 0.3) is 0 Å². The molecule has 1 fully saturated rings. The number of nitrogens with one attached hydrogen (secondary N) is 1. The van der Waals surface area contributed by atoms with Crippen LogP contribution < -0.4 is 5.32 Å². The lowest BCUT2D eigenvalue weighted by atomic mass is 10.2. The Balaban J connectivity index is 2.08. The maximum Gasteiger partial charge on any atom is 0.230 e. The molecule has 1 rings (SSSR count). The second-order valence-electron chi connectivity index (χ2n) is 4.84. The topological polar surface area (TPSA) is 38.3 Å². The van der Waals surface area contributed by atoms with Gasteiger partial charge in [-0.15, -0.1) is 11.8 Å². The van der Waals surface area contributed by atoms with E-state index in [1.165, 1.54) is 0 Å². The van der Waals surface area contributed by atoms with E-state index in [9.17, 15) is 4.79 Å². The smallest absolute Gasteiger partial charge is 0.230 e. The fourth-order valence-corrected chi connectivity index (χ4v) is 2.03. The summed E-state index contributed by atoms with van der Waals surface area (Å²) in [6.45, 7) is 7.86. The van der Waals surface area contributed by atoms with E-state index in [1.807, 2.05) is 0 Å². The van der Waals surface area contributed by atoms with Gasteiger partial charge in [0.25, 0.3) is 0 Å². The maximum absolute atomic E-state index is 11.5. The Hall–Kier alpha value is -0.220. The zero-order chi connectivity index (χ0) is 11.3. The van der Waals surface area contributed by atoms with Gasteiger partial charge >= 0.3 is 0 Å². The molecule has 15 heavy (non-hydrogen) atoms. The summed E-state index contributed by atoms with van der Waals surface area (Å²) in [5, 5.41) is 2.91.